The summed E-state index contributed by atoms with van der Waals surface area (Å²) in [6.07, 6.45) is 3.55. The zero-order valence-corrected chi connectivity index (χ0v) is 12.1. The summed E-state index contributed by atoms with van der Waals surface area (Å²) < 4.78 is 0. The molecule has 1 N–H and O–H groups in total. The van der Waals surface area contributed by atoms with Gasteiger partial charge in [-0.1, -0.05) is 40.5 Å². The Kier molecular flexibility index (Phi) is 7.25. The second-order valence-electron chi connectivity index (χ2n) is 6.18. The lowest BCUT2D eigenvalue weighted by molar-refractivity contribution is 0.0193. The van der Waals surface area contributed by atoms with Crippen molar-refractivity contribution in [2.24, 2.45) is 5.41 Å². The molecule has 0 amide bonds. The van der Waals surface area contributed by atoms with Crippen molar-refractivity contribution in [1.29, 1.82) is 0 Å². The van der Waals surface area contributed by atoms with Crippen LogP contribution in [0.5, 0.6) is 0 Å². The number of aliphatic hydroxyl groups excluding tert-OH is 1. The molecule has 0 aromatic heterocycles. The highest BCUT2D eigenvalue weighted by Gasteiger charge is 2.25. The van der Waals surface area contributed by atoms with Gasteiger partial charge in [-0.05, 0) is 32.2 Å². The number of hydrogen-bond acceptors (Lipinski definition) is 2. The first-order valence-electron chi connectivity index (χ1n) is 6.71. The van der Waals surface area contributed by atoms with Crippen LogP contribution in [0.2, 0.25) is 0 Å². The third kappa shape index (κ3) is 6.49. The molecular weight excluding hydrogens is 198 g/mol. The molecule has 2 nitrogen and oxygen atoms in total. The van der Waals surface area contributed by atoms with Gasteiger partial charge in [-0.2, -0.15) is 0 Å². The molecule has 1 atom stereocenters. The number of hydrogen-bond donors (Lipinski definition) is 1. The van der Waals surface area contributed by atoms with Gasteiger partial charge in [0.05, 0.1) is 6.10 Å². The van der Waals surface area contributed by atoms with Crippen molar-refractivity contribution in [2.45, 2.75) is 73.0 Å². The molecule has 98 valence electrons. The third-order valence-corrected chi connectivity index (χ3v) is 3.19. The molecule has 0 saturated carbocycles. The van der Waals surface area contributed by atoms with Gasteiger partial charge in [-0.3, -0.25) is 4.90 Å². The van der Waals surface area contributed by atoms with Crippen molar-refractivity contribution in [3.63, 3.8) is 0 Å². The summed E-state index contributed by atoms with van der Waals surface area (Å²) in [6, 6.07) is 0.522. The molecule has 0 aromatic carbocycles. The molecule has 0 bridgehead atoms. The van der Waals surface area contributed by atoms with Crippen molar-refractivity contribution in [3.05, 3.63) is 0 Å². The van der Waals surface area contributed by atoms with Gasteiger partial charge in [0.15, 0.2) is 0 Å². The van der Waals surface area contributed by atoms with Crippen molar-refractivity contribution in [1.82, 2.24) is 4.90 Å². The lowest BCUT2D eigenvalue weighted by Crippen LogP contribution is -2.43. The predicted molar refractivity (Wildman–Crippen MR) is 71.7 cm³/mol. The van der Waals surface area contributed by atoms with E-state index in [0.717, 1.165) is 13.1 Å². The van der Waals surface area contributed by atoms with Gasteiger partial charge >= 0.3 is 0 Å². The number of aliphatic hydroxyl groups is 1. The van der Waals surface area contributed by atoms with Crippen molar-refractivity contribution < 1.29 is 5.11 Å². The molecular formula is C14H31NO. The largest absolute Gasteiger partial charge is 0.391 e. The van der Waals surface area contributed by atoms with E-state index in [9.17, 15) is 5.11 Å². The molecule has 0 saturated heterocycles. The topological polar surface area (TPSA) is 23.5 Å². The highest BCUT2D eigenvalue weighted by molar-refractivity contribution is 4.77. The van der Waals surface area contributed by atoms with Crippen LogP contribution in [-0.2, 0) is 0 Å². The minimum absolute atomic E-state index is 0.0160. The summed E-state index contributed by atoms with van der Waals surface area (Å²) in [6.45, 7) is 14.8. The van der Waals surface area contributed by atoms with E-state index in [1.807, 2.05) is 0 Å². The maximum Gasteiger partial charge on any atom is 0.0715 e. The first-order valence-corrected chi connectivity index (χ1v) is 6.71. The van der Waals surface area contributed by atoms with Crippen LogP contribution in [0.4, 0.5) is 0 Å². The van der Waals surface area contributed by atoms with Gasteiger partial charge in [0.2, 0.25) is 0 Å². The lowest BCUT2D eigenvalue weighted by Gasteiger charge is -2.34. The minimum Gasteiger partial charge on any atom is -0.391 e. The standard InChI is InChI=1S/C14H31NO/c1-7-8-9-10-15(12(2)3)11-13(16)14(4,5)6/h12-13,16H,7-11H2,1-6H3. The van der Waals surface area contributed by atoms with Crippen LogP contribution in [0.15, 0.2) is 0 Å². The maximum atomic E-state index is 10.1. The first-order chi connectivity index (χ1) is 7.29. The molecule has 0 rings (SSSR count). The Balaban J connectivity index is 4.12. The summed E-state index contributed by atoms with van der Waals surface area (Å²) in [5.74, 6) is 0. The van der Waals surface area contributed by atoms with Gasteiger partial charge < -0.3 is 5.11 Å². The van der Waals surface area contributed by atoms with Crippen LogP contribution in [0.3, 0.4) is 0 Å². The molecule has 0 radical (unpaired) electrons. The fraction of sp³-hybridized carbons (Fsp3) is 1.00. The zero-order valence-electron chi connectivity index (χ0n) is 12.1. The summed E-state index contributed by atoms with van der Waals surface area (Å²) in [5.41, 5.74) is -0.0160. The third-order valence-electron chi connectivity index (χ3n) is 3.19. The normalized spacial score (nSPS) is 14.8. The van der Waals surface area contributed by atoms with Crippen molar-refractivity contribution in [3.8, 4) is 0 Å². The Morgan fingerprint density at radius 3 is 2.06 bits per heavy atom. The van der Waals surface area contributed by atoms with Crippen molar-refractivity contribution in [2.75, 3.05) is 13.1 Å². The van der Waals surface area contributed by atoms with Crippen LogP contribution in [-0.4, -0.2) is 35.2 Å². The maximum absolute atomic E-state index is 10.1. The van der Waals surface area contributed by atoms with E-state index in [-0.39, 0.29) is 11.5 Å². The average molecular weight is 229 g/mol. The van der Waals surface area contributed by atoms with E-state index in [4.69, 9.17) is 0 Å². The minimum atomic E-state index is -0.239. The van der Waals surface area contributed by atoms with Crippen LogP contribution in [0.25, 0.3) is 0 Å². The van der Waals surface area contributed by atoms with E-state index < -0.39 is 0 Å². The van der Waals surface area contributed by atoms with Gasteiger partial charge in [-0.25, -0.2) is 0 Å². The Morgan fingerprint density at radius 1 is 1.12 bits per heavy atom. The van der Waals surface area contributed by atoms with Crippen LogP contribution >= 0.6 is 0 Å². The molecule has 16 heavy (non-hydrogen) atoms. The number of rotatable bonds is 7. The van der Waals surface area contributed by atoms with Gasteiger partial charge in [0, 0.05) is 12.6 Å². The summed E-state index contributed by atoms with van der Waals surface area (Å²) in [4.78, 5) is 2.39. The Labute approximate surface area is 102 Å². The van der Waals surface area contributed by atoms with Gasteiger partial charge in [-0.15, -0.1) is 0 Å². The SMILES string of the molecule is CCCCCN(CC(O)C(C)(C)C)C(C)C. The predicted octanol–water partition coefficient (Wildman–Crippen LogP) is 3.29. The summed E-state index contributed by atoms with van der Waals surface area (Å²) in [5, 5.41) is 10.1. The van der Waals surface area contributed by atoms with E-state index in [1.54, 1.807) is 0 Å². The quantitative estimate of drug-likeness (QED) is 0.677. The molecule has 0 heterocycles. The Hall–Kier alpha value is -0.0800. The van der Waals surface area contributed by atoms with E-state index >= 15 is 0 Å². The fourth-order valence-electron chi connectivity index (χ4n) is 1.62. The Morgan fingerprint density at radius 2 is 1.69 bits per heavy atom. The molecule has 1 unspecified atom stereocenters. The average Bonchev–Trinajstić information content (AvgIpc) is 2.14. The second kappa shape index (κ2) is 7.29. The highest BCUT2D eigenvalue weighted by atomic mass is 16.3. The van der Waals surface area contributed by atoms with E-state index in [2.05, 4.69) is 46.4 Å². The second-order valence-corrected chi connectivity index (χ2v) is 6.18. The smallest absolute Gasteiger partial charge is 0.0715 e. The Bertz CT molecular complexity index is 172. The van der Waals surface area contributed by atoms with Gasteiger partial charge in [0.1, 0.15) is 0 Å². The molecule has 0 fully saturated rings. The first kappa shape index (κ1) is 15.9. The summed E-state index contributed by atoms with van der Waals surface area (Å²) in [7, 11) is 0. The van der Waals surface area contributed by atoms with E-state index in [0.29, 0.717) is 6.04 Å². The van der Waals surface area contributed by atoms with Crippen LogP contribution < -0.4 is 0 Å². The number of unbranched alkanes of at least 4 members (excludes halogenated alkanes) is 2. The molecule has 2 heteroatoms. The van der Waals surface area contributed by atoms with Crippen LogP contribution in [0, 0.1) is 5.41 Å². The van der Waals surface area contributed by atoms with Crippen LogP contribution in [0.1, 0.15) is 60.8 Å². The summed E-state index contributed by atoms with van der Waals surface area (Å²) >= 11 is 0. The highest BCUT2D eigenvalue weighted by Crippen LogP contribution is 2.20. The van der Waals surface area contributed by atoms with Crippen molar-refractivity contribution >= 4 is 0 Å². The number of nitrogens with zero attached hydrogens (tertiary/aromatic N) is 1. The fourth-order valence-corrected chi connectivity index (χ4v) is 1.62. The monoisotopic (exact) mass is 229 g/mol. The molecule has 0 aliphatic heterocycles. The molecule has 0 aliphatic carbocycles. The lowest BCUT2D eigenvalue weighted by atomic mass is 9.88. The molecule has 0 spiro atoms. The zero-order chi connectivity index (χ0) is 12.8. The van der Waals surface area contributed by atoms with E-state index in [1.165, 1.54) is 19.3 Å². The molecule has 0 aromatic rings. The molecule has 0 aliphatic rings. The van der Waals surface area contributed by atoms with Gasteiger partial charge in [0.25, 0.3) is 0 Å².